The molecule has 0 unspecified atom stereocenters. The molecule has 4 nitrogen and oxygen atoms in total. The van der Waals surface area contributed by atoms with Crippen LogP contribution in [0.25, 0.3) is 0 Å². The third-order valence-corrected chi connectivity index (χ3v) is 3.79. The van der Waals surface area contributed by atoms with E-state index in [-0.39, 0.29) is 32.0 Å². The second-order valence-corrected chi connectivity index (χ2v) is 5.69. The molecule has 1 aromatic heterocycles. The first-order chi connectivity index (χ1) is 9.21. The minimum atomic E-state index is -4.54. The van der Waals surface area contributed by atoms with Gasteiger partial charge < -0.3 is 5.11 Å². The van der Waals surface area contributed by atoms with Crippen LogP contribution in [0, 0.1) is 0 Å². The standard InChI is InChI=1S/C13H20F3N3O/c1-10(2)19-6-3-11(17-19)9-18-7-4-12(20,5-8-18)13(14,15)16/h3,6,10,20H,4-5,7-9H2,1-2H3. The van der Waals surface area contributed by atoms with Gasteiger partial charge in [0, 0.05) is 31.9 Å². The van der Waals surface area contributed by atoms with Gasteiger partial charge in [-0.1, -0.05) is 0 Å². The van der Waals surface area contributed by atoms with Crippen LogP contribution in [0.5, 0.6) is 0 Å². The fraction of sp³-hybridized carbons (Fsp3) is 0.769. The van der Waals surface area contributed by atoms with Gasteiger partial charge in [0.15, 0.2) is 5.60 Å². The summed E-state index contributed by atoms with van der Waals surface area (Å²) in [5.41, 5.74) is -1.68. The van der Waals surface area contributed by atoms with E-state index in [4.69, 9.17) is 0 Å². The van der Waals surface area contributed by atoms with Crippen LogP contribution < -0.4 is 0 Å². The van der Waals surface area contributed by atoms with Gasteiger partial charge in [0.2, 0.25) is 0 Å². The third-order valence-electron chi connectivity index (χ3n) is 3.79. The van der Waals surface area contributed by atoms with Crippen LogP contribution in [0.2, 0.25) is 0 Å². The Morgan fingerprint density at radius 2 is 1.95 bits per heavy atom. The SMILES string of the molecule is CC(C)n1ccc(CN2CCC(O)(C(F)(F)F)CC2)n1. The summed E-state index contributed by atoms with van der Waals surface area (Å²) >= 11 is 0. The molecule has 0 bridgehead atoms. The highest BCUT2D eigenvalue weighted by Gasteiger charge is 2.54. The van der Waals surface area contributed by atoms with Crippen molar-refractivity contribution in [2.45, 2.75) is 51.1 Å². The molecule has 1 N–H and O–H groups in total. The van der Waals surface area contributed by atoms with Gasteiger partial charge in [-0.2, -0.15) is 18.3 Å². The Balaban J connectivity index is 1.91. The molecular formula is C13H20F3N3O. The number of halogens is 3. The van der Waals surface area contributed by atoms with Crippen LogP contribution in [-0.4, -0.2) is 44.7 Å². The first-order valence-electron chi connectivity index (χ1n) is 6.77. The summed E-state index contributed by atoms with van der Waals surface area (Å²) in [6.07, 6.45) is -3.23. The van der Waals surface area contributed by atoms with Crippen molar-refractivity contribution < 1.29 is 18.3 Å². The highest BCUT2D eigenvalue weighted by atomic mass is 19.4. The number of aromatic nitrogens is 2. The Morgan fingerprint density at radius 3 is 2.40 bits per heavy atom. The fourth-order valence-electron chi connectivity index (χ4n) is 2.34. The van der Waals surface area contributed by atoms with Gasteiger partial charge in [-0.25, -0.2) is 0 Å². The van der Waals surface area contributed by atoms with Crippen molar-refractivity contribution in [3.8, 4) is 0 Å². The van der Waals surface area contributed by atoms with Gasteiger partial charge in [0.05, 0.1) is 5.69 Å². The van der Waals surface area contributed by atoms with Gasteiger partial charge in [0.25, 0.3) is 0 Å². The van der Waals surface area contributed by atoms with Crippen LogP contribution in [0.3, 0.4) is 0 Å². The number of hydrogen-bond donors (Lipinski definition) is 1. The topological polar surface area (TPSA) is 41.3 Å². The van der Waals surface area contributed by atoms with Crippen LogP contribution in [0.15, 0.2) is 12.3 Å². The first kappa shape index (κ1) is 15.3. The molecule has 1 fully saturated rings. The number of piperidine rings is 1. The molecule has 114 valence electrons. The second-order valence-electron chi connectivity index (χ2n) is 5.69. The van der Waals surface area contributed by atoms with Crippen molar-refractivity contribution in [2.75, 3.05) is 13.1 Å². The summed E-state index contributed by atoms with van der Waals surface area (Å²) in [5.74, 6) is 0. The molecule has 0 radical (unpaired) electrons. The molecule has 0 saturated carbocycles. The maximum Gasteiger partial charge on any atom is 0.417 e. The average Bonchev–Trinajstić information content (AvgIpc) is 2.79. The van der Waals surface area contributed by atoms with Crippen molar-refractivity contribution in [3.05, 3.63) is 18.0 Å². The second kappa shape index (κ2) is 5.37. The summed E-state index contributed by atoms with van der Waals surface area (Å²) < 4.78 is 39.9. The predicted octanol–water partition coefficient (Wildman–Crippen LogP) is 2.35. The molecule has 0 amide bonds. The Bertz CT molecular complexity index is 448. The quantitative estimate of drug-likeness (QED) is 0.929. The number of aliphatic hydroxyl groups is 1. The lowest BCUT2D eigenvalue weighted by Gasteiger charge is -2.38. The van der Waals surface area contributed by atoms with Crippen molar-refractivity contribution in [2.24, 2.45) is 0 Å². The van der Waals surface area contributed by atoms with Crippen LogP contribution in [0.1, 0.15) is 38.4 Å². The molecule has 2 rings (SSSR count). The van der Waals surface area contributed by atoms with E-state index in [1.165, 1.54) is 0 Å². The largest absolute Gasteiger partial charge is 0.417 e. The molecule has 0 aromatic carbocycles. The van der Waals surface area contributed by atoms with E-state index in [2.05, 4.69) is 5.10 Å². The van der Waals surface area contributed by atoms with Gasteiger partial charge >= 0.3 is 6.18 Å². The van der Waals surface area contributed by atoms with E-state index in [1.54, 1.807) is 0 Å². The smallest absolute Gasteiger partial charge is 0.380 e. The van der Waals surface area contributed by atoms with Gasteiger partial charge in [0.1, 0.15) is 0 Å². The van der Waals surface area contributed by atoms with E-state index in [9.17, 15) is 18.3 Å². The minimum Gasteiger partial charge on any atom is -0.380 e. The molecule has 1 aliphatic rings. The van der Waals surface area contributed by atoms with E-state index in [0.29, 0.717) is 6.54 Å². The number of rotatable bonds is 3. The minimum absolute atomic E-state index is 0.227. The number of likely N-dealkylation sites (tertiary alicyclic amines) is 1. The van der Waals surface area contributed by atoms with Gasteiger partial charge in [-0.15, -0.1) is 0 Å². The lowest BCUT2D eigenvalue weighted by molar-refractivity contribution is -0.272. The Labute approximate surface area is 116 Å². The molecule has 2 heterocycles. The van der Waals surface area contributed by atoms with Crippen molar-refractivity contribution in [1.82, 2.24) is 14.7 Å². The van der Waals surface area contributed by atoms with Gasteiger partial charge in [-0.05, 0) is 32.8 Å². The molecule has 1 saturated heterocycles. The average molecular weight is 291 g/mol. The summed E-state index contributed by atoms with van der Waals surface area (Å²) in [6.45, 7) is 5.00. The molecule has 1 aromatic rings. The van der Waals surface area contributed by atoms with E-state index in [1.807, 2.05) is 35.7 Å². The Hall–Kier alpha value is -1.08. The predicted molar refractivity (Wildman–Crippen MR) is 68.1 cm³/mol. The van der Waals surface area contributed by atoms with Crippen molar-refractivity contribution in [1.29, 1.82) is 0 Å². The van der Waals surface area contributed by atoms with E-state index >= 15 is 0 Å². The highest BCUT2D eigenvalue weighted by molar-refractivity contribution is 5.01. The summed E-state index contributed by atoms with van der Waals surface area (Å²) in [5, 5.41) is 14.0. The van der Waals surface area contributed by atoms with Gasteiger partial charge in [-0.3, -0.25) is 9.58 Å². The zero-order valence-electron chi connectivity index (χ0n) is 11.7. The molecule has 0 aliphatic carbocycles. The fourth-order valence-corrected chi connectivity index (χ4v) is 2.34. The first-order valence-corrected chi connectivity index (χ1v) is 6.77. The van der Waals surface area contributed by atoms with Crippen LogP contribution in [-0.2, 0) is 6.54 Å². The monoisotopic (exact) mass is 291 g/mol. The zero-order valence-corrected chi connectivity index (χ0v) is 11.7. The maximum absolute atomic E-state index is 12.7. The molecular weight excluding hydrogens is 271 g/mol. The maximum atomic E-state index is 12.7. The van der Waals surface area contributed by atoms with Crippen LogP contribution >= 0.6 is 0 Å². The molecule has 0 atom stereocenters. The molecule has 20 heavy (non-hydrogen) atoms. The van der Waals surface area contributed by atoms with E-state index < -0.39 is 11.8 Å². The lowest BCUT2D eigenvalue weighted by Crippen LogP contribution is -2.53. The summed E-state index contributed by atoms with van der Waals surface area (Å²) in [6, 6.07) is 2.14. The third kappa shape index (κ3) is 3.15. The van der Waals surface area contributed by atoms with Crippen molar-refractivity contribution >= 4 is 0 Å². The Morgan fingerprint density at radius 1 is 1.35 bits per heavy atom. The van der Waals surface area contributed by atoms with E-state index in [0.717, 1.165) is 5.69 Å². The Kier molecular flexibility index (Phi) is 4.11. The molecule has 7 heteroatoms. The summed E-state index contributed by atoms with van der Waals surface area (Å²) in [7, 11) is 0. The van der Waals surface area contributed by atoms with Crippen molar-refractivity contribution in [3.63, 3.8) is 0 Å². The van der Waals surface area contributed by atoms with Crippen LogP contribution in [0.4, 0.5) is 13.2 Å². The number of hydrogen-bond acceptors (Lipinski definition) is 3. The highest BCUT2D eigenvalue weighted by Crippen LogP contribution is 2.38. The molecule has 0 spiro atoms. The lowest BCUT2D eigenvalue weighted by atomic mass is 9.91. The normalized spacial score (nSPS) is 20.6. The molecule has 1 aliphatic heterocycles. The summed E-state index contributed by atoms with van der Waals surface area (Å²) in [4.78, 5) is 1.90. The number of alkyl halides is 3. The zero-order chi connectivity index (χ0) is 15.0. The number of nitrogens with zero attached hydrogens (tertiary/aromatic N) is 3.